The van der Waals surface area contributed by atoms with Gasteiger partial charge in [0, 0.05) is 29.0 Å². The van der Waals surface area contributed by atoms with Gasteiger partial charge < -0.3 is 19.7 Å². The second-order valence-corrected chi connectivity index (χ2v) is 12.3. The Labute approximate surface area is 259 Å². The van der Waals surface area contributed by atoms with Crippen molar-refractivity contribution < 1.29 is 36.8 Å². The third kappa shape index (κ3) is 9.86. The van der Waals surface area contributed by atoms with Crippen LogP contribution in [0.15, 0.2) is 11.0 Å². The fourth-order valence-electron chi connectivity index (χ4n) is 5.07. The van der Waals surface area contributed by atoms with Gasteiger partial charge in [0.2, 0.25) is 0 Å². The van der Waals surface area contributed by atoms with Crippen LogP contribution < -0.4 is 0 Å². The van der Waals surface area contributed by atoms with E-state index in [-0.39, 0.29) is 77.2 Å². The van der Waals surface area contributed by atoms with E-state index in [9.17, 15) is 19.8 Å². The molecule has 0 amide bonds. The highest BCUT2D eigenvalue weighted by atomic mass is 127. The number of ether oxygens (including phenoxy) is 2. The normalized spacial score (nSPS) is 33.6. The lowest BCUT2D eigenvalue weighted by molar-refractivity contribution is -0.154. The molecule has 0 aromatic carbocycles. The van der Waals surface area contributed by atoms with Gasteiger partial charge in [-0.2, -0.15) is 0 Å². The van der Waals surface area contributed by atoms with Crippen molar-refractivity contribution in [1.82, 2.24) is 4.98 Å². The second-order valence-electron chi connectivity index (χ2n) is 11.3. The molecule has 0 bridgehead atoms. The van der Waals surface area contributed by atoms with E-state index in [1.165, 1.54) is 0 Å². The molecule has 0 spiro atoms. The Kier molecular flexibility index (Phi) is 16.4. The van der Waals surface area contributed by atoms with E-state index < -0.39 is 35.6 Å². The molecule has 3 radical (unpaired) electrons. The van der Waals surface area contributed by atoms with Crippen molar-refractivity contribution in [3.05, 3.63) is 21.7 Å². The van der Waals surface area contributed by atoms with Crippen molar-refractivity contribution in [2.24, 2.45) is 17.3 Å². The van der Waals surface area contributed by atoms with Crippen molar-refractivity contribution in [1.29, 1.82) is 0 Å². The van der Waals surface area contributed by atoms with E-state index in [0.29, 0.717) is 6.42 Å². The molecule has 0 saturated carbocycles. The summed E-state index contributed by atoms with van der Waals surface area (Å²) in [5.74, 6) is -1.55. The van der Waals surface area contributed by atoms with Gasteiger partial charge in [0.15, 0.2) is 0 Å². The number of Topliss-reactive ketones (excluding diaryl/α,β-unsaturated/α-hetero) is 1. The fourth-order valence-corrected chi connectivity index (χ4v) is 5.64. The molecule has 39 heavy (non-hydrogen) atoms. The molecule has 1 aromatic rings. The second kappa shape index (κ2) is 15.9. The molecule has 2 fully saturated rings. The number of thiazole rings is 1. The Hall–Kier alpha value is -0.885. The molecule has 3 heterocycles. The van der Waals surface area contributed by atoms with Crippen LogP contribution in [0.3, 0.4) is 0 Å². The third-order valence-corrected chi connectivity index (χ3v) is 8.72. The van der Waals surface area contributed by atoms with Gasteiger partial charge >= 0.3 is 5.97 Å². The highest BCUT2D eigenvalue weighted by Crippen LogP contribution is 2.45. The number of esters is 1. The summed E-state index contributed by atoms with van der Waals surface area (Å²) in [5.41, 5.74) is 0.179. The number of nitrogens with zero attached hydrogens (tertiary/aromatic N) is 1. The Morgan fingerprint density at radius 2 is 1.87 bits per heavy atom. The van der Waals surface area contributed by atoms with Gasteiger partial charge in [-0.05, 0) is 51.2 Å². The molecule has 2 aliphatic rings. The van der Waals surface area contributed by atoms with Crippen LogP contribution >= 0.6 is 35.3 Å². The van der Waals surface area contributed by atoms with Crippen molar-refractivity contribution in [3.63, 3.8) is 0 Å². The summed E-state index contributed by atoms with van der Waals surface area (Å²) in [5, 5.41) is 24.6. The third-order valence-electron chi connectivity index (χ3n) is 7.93. The molecule has 0 unspecified atom stereocenters. The van der Waals surface area contributed by atoms with E-state index in [2.05, 4.69) is 11.9 Å². The van der Waals surface area contributed by atoms with Crippen LogP contribution in [0.4, 0.5) is 4.70 Å². The van der Waals surface area contributed by atoms with Crippen molar-refractivity contribution in [2.75, 3.05) is 0 Å². The number of carbonyl (C=O) groups excluding carboxylic acids is 2. The van der Waals surface area contributed by atoms with Gasteiger partial charge in [-0.3, -0.25) is 14.3 Å². The molecule has 0 aliphatic carbocycles. The number of cyclic esters (lactones) is 1. The van der Waals surface area contributed by atoms with Crippen LogP contribution in [-0.2, 0) is 19.1 Å². The zero-order valence-electron chi connectivity index (χ0n) is 23.4. The standard InChI is InChI=1S/C27H41NO6S.CH4.B.FH.HI.2H2/c1-15-9-8-10-27(7)22(34-27)12-20(16(2)11-19-14-35-18(4)28-19)33-23(30)13-21(29)26(5,6)25(32)17(3)24(15)31;;;;;;/h11,14-15,17,20-22,24,29,31H,8-10,12-13H2,1-7H3;1H4;;4*1H/b16-11+;;;;;;/t15-,17+,20-,21-,22-,24-,27+;;;;;;/m0....../s1/i;;;;;1+1;. The SMILES string of the molecule is C.C/C(=C\c1csc(C)n1)[C@@H]1C[C@@H]2O[C@]2(C)CCC[C@H](C)[C@H](O)[C@@H](C)C(=O)C(C)(C)[C@@H](O)CC(=O)O1.F.I.[2HH].[B].[HH]. The maximum Gasteiger partial charge on any atom is 0.309 e. The molecule has 2 aliphatic heterocycles. The molecule has 7 atom stereocenters. The van der Waals surface area contributed by atoms with Gasteiger partial charge in [0.1, 0.15) is 11.9 Å². The van der Waals surface area contributed by atoms with E-state index in [0.717, 1.165) is 35.5 Å². The van der Waals surface area contributed by atoms with Gasteiger partial charge in [-0.1, -0.05) is 41.5 Å². The first-order valence-electron chi connectivity index (χ1n) is 12.6. The highest BCUT2D eigenvalue weighted by Gasteiger charge is 2.53. The van der Waals surface area contributed by atoms with Crippen LogP contribution in [0, 0.1) is 24.2 Å². The zero-order chi connectivity index (χ0) is 26.1. The van der Waals surface area contributed by atoms with Gasteiger partial charge in [-0.25, -0.2) is 4.98 Å². The minimum absolute atomic E-state index is 0. The minimum atomic E-state index is -1.23. The average Bonchev–Trinajstić information content (AvgIpc) is 3.22. The lowest BCUT2D eigenvalue weighted by Gasteiger charge is -2.34. The number of fused-ring (bicyclic) bond motifs is 1. The zero-order valence-corrected chi connectivity index (χ0v) is 26.6. The van der Waals surface area contributed by atoms with E-state index in [1.54, 1.807) is 32.1 Å². The highest BCUT2D eigenvalue weighted by molar-refractivity contribution is 14.0. The summed E-state index contributed by atoms with van der Waals surface area (Å²) in [4.78, 5) is 30.6. The molecule has 7 nitrogen and oxygen atoms in total. The Morgan fingerprint density at radius 1 is 1.26 bits per heavy atom. The molecule has 1 aromatic heterocycles. The number of carbonyl (C=O) groups is 2. The average molecular weight is 688 g/mol. The predicted molar refractivity (Wildman–Crippen MR) is 171 cm³/mol. The van der Waals surface area contributed by atoms with Gasteiger partial charge in [-0.15, -0.1) is 35.3 Å². The Balaban J connectivity index is -0.00000114. The number of rotatable bonds is 2. The van der Waals surface area contributed by atoms with Crippen molar-refractivity contribution in [3.8, 4) is 0 Å². The van der Waals surface area contributed by atoms with E-state index >= 15 is 0 Å². The number of hydrogen-bond donors (Lipinski definition) is 2. The summed E-state index contributed by atoms with van der Waals surface area (Å²) in [6.07, 6.45) is 1.98. The fraction of sp³-hybridized carbons (Fsp3) is 0.750. The lowest BCUT2D eigenvalue weighted by Crippen LogP contribution is -2.45. The lowest BCUT2D eigenvalue weighted by atomic mass is 9.73. The summed E-state index contributed by atoms with van der Waals surface area (Å²) in [6, 6.07) is 0. The molecule has 2 N–H and O–H groups in total. The summed E-state index contributed by atoms with van der Waals surface area (Å²) >= 11 is 1.56. The number of aromatic nitrogens is 1. The van der Waals surface area contributed by atoms with E-state index in [4.69, 9.17) is 9.47 Å². The predicted octanol–water partition coefficient (Wildman–Crippen LogP) is 6.00. The number of aryl methyl sites for hydroxylation is 1. The van der Waals surface area contributed by atoms with E-state index in [1.807, 2.05) is 32.2 Å². The molecule has 11 heteroatoms. The van der Waals surface area contributed by atoms with Gasteiger partial charge in [0.05, 0.1) is 46.5 Å². The monoisotopic (exact) mass is 687 g/mol. The van der Waals surface area contributed by atoms with Crippen molar-refractivity contribution >= 4 is 61.6 Å². The van der Waals surface area contributed by atoms with Crippen LogP contribution in [-0.4, -0.2) is 65.4 Å². The number of epoxide rings is 1. The number of ketones is 1. The maximum atomic E-state index is 13.2. The number of aliphatic hydroxyl groups excluding tert-OH is 2. The molecule has 3 rings (SSSR count). The smallest absolute Gasteiger partial charge is 0.309 e. The quantitative estimate of drug-likeness (QED) is 0.170. The molecule has 227 valence electrons. The minimum Gasteiger partial charge on any atom is -0.458 e. The number of halogens is 2. The topological polar surface area (TPSA) is 109 Å². The summed E-state index contributed by atoms with van der Waals surface area (Å²) in [7, 11) is 0. The van der Waals surface area contributed by atoms with Crippen LogP contribution in [0.25, 0.3) is 6.08 Å². The number of aliphatic hydroxyl groups is 2. The first kappa shape index (κ1) is 40.3. The van der Waals surface area contributed by atoms with Crippen LogP contribution in [0.5, 0.6) is 0 Å². The summed E-state index contributed by atoms with van der Waals surface area (Å²) in [6.45, 7) is 12.8. The molecule has 2 saturated heterocycles. The first-order valence-corrected chi connectivity index (χ1v) is 13.5. The van der Waals surface area contributed by atoms with Crippen LogP contribution in [0.2, 0.25) is 0 Å². The molecular weight excluding hydrogens is 635 g/mol. The Bertz CT molecular complexity index is 987. The maximum absolute atomic E-state index is 13.2. The van der Waals surface area contributed by atoms with Gasteiger partial charge in [0.25, 0.3) is 0 Å². The largest absolute Gasteiger partial charge is 0.458 e. The molecular formula is C28H51BFINO6S. The number of hydrogen-bond acceptors (Lipinski definition) is 8. The van der Waals surface area contributed by atoms with Crippen LogP contribution in [0.1, 0.15) is 94.6 Å². The summed E-state index contributed by atoms with van der Waals surface area (Å²) < 4.78 is 11.9. The first-order chi connectivity index (χ1) is 16.2. The van der Waals surface area contributed by atoms with Crippen molar-refractivity contribution in [2.45, 2.75) is 118 Å². The Morgan fingerprint density at radius 3 is 2.44 bits per heavy atom.